The molecule has 2 aromatic rings. The van der Waals surface area contributed by atoms with Crippen LogP contribution in [-0.4, -0.2) is 19.6 Å². The molecule has 0 aromatic heterocycles. The SMILES string of the molecule is CCOc1ccc(/C=C\C(=O)Nc2cc(C)ccc2OC)cc1N. The predicted molar refractivity (Wildman–Crippen MR) is 97.4 cm³/mol. The fourth-order valence-electron chi connectivity index (χ4n) is 2.22. The number of benzene rings is 2. The Morgan fingerprint density at radius 3 is 2.62 bits per heavy atom. The normalized spacial score (nSPS) is 10.6. The Hall–Kier alpha value is -2.95. The van der Waals surface area contributed by atoms with Gasteiger partial charge in [-0.3, -0.25) is 4.79 Å². The third-order valence-corrected chi connectivity index (χ3v) is 3.37. The van der Waals surface area contributed by atoms with Crippen LogP contribution in [0.5, 0.6) is 11.5 Å². The van der Waals surface area contributed by atoms with Gasteiger partial charge in [0.25, 0.3) is 0 Å². The number of aryl methyl sites for hydroxylation is 1. The zero-order valence-corrected chi connectivity index (χ0v) is 14.1. The summed E-state index contributed by atoms with van der Waals surface area (Å²) < 4.78 is 10.6. The highest BCUT2D eigenvalue weighted by molar-refractivity contribution is 6.02. The van der Waals surface area contributed by atoms with Gasteiger partial charge in [0.05, 0.1) is 25.1 Å². The second kappa shape index (κ2) is 8.06. The van der Waals surface area contributed by atoms with E-state index in [9.17, 15) is 4.79 Å². The van der Waals surface area contributed by atoms with Crippen LogP contribution < -0.4 is 20.5 Å². The summed E-state index contributed by atoms with van der Waals surface area (Å²) in [7, 11) is 1.57. The average molecular weight is 326 g/mol. The van der Waals surface area contributed by atoms with Crippen molar-refractivity contribution >= 4 is 23.4 Å². The van der Waals surface area contributed by atoms with E-state index in [4.69, 9.17) is 15.2 Å². The highest BCUT2D eigenvalue weighted by Gasteiger charge is 2.06. The first kappa shape index (κ1) is 17.4. The largest absolute Gasteiger partial charge is 0.495 e. The van der Waals surface area contributed by atoms with Gasteiger partial charge in [-0.25, -0.2) is 0 Å². The molecular formula is C19H22N2O3. The van der Waals surface area contributed by atoms with Crippen LogP contribution in [-0.2, 0) is 4.79 Å². The van der Waals surface area contributed by atoms with Crippen molar-refractivity contribution in [3.05, 3.63) is 53.6 Å². The smallest absolute Gasteiger partial charge is 0.248 e. The van der Waals surface area contributed by atoms with Crippen LogP contribution in [0, 0.1) is 6.92 Å². The highest BCUT2D eigenvalue weighted by Crippen LogP contribution is 2.25. The Balaban J connectivity index is 2.08. The summed E-state index contributed by atoms with van der Waals surface area (Å²) in [6, 6.07) is 11.0. The number of amides is 1. The van der Waals surface area contributed by atoms with Crippen LogP contribution in [0.3, 0.4) is 0 Å². The Labute approximate surface area is 142 Å². The summed E-state index contributed by atoms with van der Waals surface area (Å²) in [5.74, 6) is 1.02. The van der Waals surface area contributed by atoms with Crippen LogP contribution >= 0.6 is 0 Å². The van der Waals surface area contributed by atoms with Crippen molar-refractivity contribution in [1.82, 2.24) is 0 Å². The van der Waals surface area contributed by atoms with Crippen molar-refractivity contribution in [1.29, 1.82) is 0 Å². The van der Waals surface area contributed by atoms with E-state index in [-0.39, 0.29) is 5.91 Å². The van der Waals surface area contributed by atoms with Crippen molar-refractivity contribution in [3.63, 3.8) is 0 Å². The van der Waals surface area contributed by atoms with E-state index in [2.05, 4.69) is 5.32 Å². The number of nitrogens with one attached hydrogen (secondary N) is 1. The maximum Gasteiger partial charge on any atom is 0.248 e. The maximum absolute atomic E-state index is 12.1. The summed E-state index contributed by atoms with van der Waals surface area (Å²) >= 11 is 0. The topological polar surface area (TPSA) is 73.6 Å². The van der Waals surface area contributed by atoms with E-state index in [1.807, 2.05) is 38.1 Å². The molecule has 2 aromatic carbocycles. The third kappa shape index (κ3) is 4.52. The standard InChI is InChI=1S/C19H22N2O3/c1-4-24-17-9-6-14(12-15(17)20)7-10-19(22)21-16-11-13(2)5-8-18(16)23-3/h5-12H,4,20H2,1-3H3,(H,21,22)/b10-7-. The second-order valence-electron chi connectivity index (χ2n) is 5.26. The molecule has 5 nitrogen and oxygen atoms in total. The summed E-state index contributed by atoms with van der Waals surface area (Å²) in [5.41, 5.74) is 8.95. The molecule has 1 amide bonds. The molecule has 2 rings (SSSR count). The molecule has 0 atom stereocenters. The zero-order chi connectivity index (χ0) is 17.5. The lowest BCUT2D eigenvalue weighted by Crippen LogP contribution is -2.09. The lowest BCUT2D eigenvalue weighted by atomic mass is 10.1. The Morgan fingerprint density at radius 2 is 1.96 bits per heavy atom. The molecule has 0 spiro atoms. The molecule has 0 aliphatic carbocycles. The quantitative estimate of drug-likeness (QED) is 0.628. The molecule has 3 N–H and O–H groups in total. The van der Waals surface area contributed by atoms with Gasteiger partial charge in [0.2, 0.25) is 5.91 Å². The van der Waals surface area contributed by atoms with E-state index in [1.54, 1.807) is 25.3 Å². The second-order valence-corrected chi connectivity index (χ2v) is 5.26. The fraction of sp³-hybridized carbons (Fsp3) is 0.211. The highest BCUT2D eigenvalue weighted by atomic mass is 16.5. The van der Waals surface area contributed by atoms with Crippen LogP contribution in [0.15, 0.2) is 42.5 Å². The van der Waals surface area contributed by atoms with Crippen LogP contribution in [0.4, 0.5) is 11.4 Å². The Morgan fingerprint density at radius 1 is 1.21 bits per heavy atom. The van der Waals surface area contributed by atoms with Gasteiger partial charge in [-0.2, -0.15) is 0 Å². The van der Waals surface area contributed by atoms with Gasteiger partial charge in [-0.15, -0.1) is 0 Å². The molecule has 0 aliphatic rings. The number of carbonyl (C=O) groups is 1. The molecule has 0 unspecified atom stereocenters. The summed E-state index contributed by atoms with van der Waals surface area (Å²) in [6.45, 7) is 4.41. The lowest BCUT2D eigenvalue weighted by molar-refractivity contribution is -0.111. The Bertz CT molecular complexity index is 754. The lowest BCUT2D eigenvalue weighted by Gasteiger charge is -2.09. The number of carbonyl (C=O) groups excluding carboxylic acids is 1. The van der Waals surface area contributed by atoms with Crippen molar-refractivity contribution in [2.24, 2.45) is 0 Å². The minimum atomic E-state index is -0.244. The monoisotopic (exact) mass is 326 g/mol. The van der Waals surface area contributed by atoms with Gasteiger partial charge >= 0.3 is 0 Å². The van der Waals surface area contributed by atoms with Gasteiger partial charge in [-0.05, 0) is 55.3 Å². The first-order valence-corrected chi connectivity index (χ1v) is 7.69. The van der Waals surface area contributed by atoms with Crippen LogP contribution in [0.1, 0.15) is 18.1 Å². The van der Waals surface area contributed by atoms with E-state index in [1.165, 1.54) is 6.08 Å². The molecule has 0 saturated carbocycles. The maximum atomic E-state index is 12.1. The molecule has 0 saturated heterocycles. The molecule has 0 radical (unpaired) electrons. The number of anilines is 2. The minimum absolute atomic E-state index is 0.244. The number of hydrogen-bond donors (Lipinski definition) is 2. The minimum Gasteiger partial charge on any atom is -0.495 e. The molecule has 0 heterocycles. The van der Waals surface area contributed by atoms with Crippen molar-refractivity contribution < 1.29 is 14.3 Å². The molecule has 5 heteroatoms. The van der Waals surface area contributed by atoms with Gasteiger partial charge in [-0.1, -0.05) is 12.1 Å². The van der Waals surface area contributed by atoms with Crippen LogP contribution in [0.2, 0.25) is 0 Å². The molecular weight excluding hydrogens is 304 g/mol. The number of methoxy groups -OCH3 is 1. The molecule has 126 valence electrons. The van der Waals surface area contributed by atoms with E-state index < -0.39 is 0 Å². The van der Waals surface area contributed by atoms with Crippen molar-refractivity contribution in [2.45, 2.75) is 13.8 Å². The summed E-state index contributed by atoms with van der Waals surface area (Å²) in [4.78, 5) is 12.1. The first-order chi connectivity index (χ1) is 11.5. The van der Waals surface area contributed by atoms with Crippen molar-refractivity contribution in [2.75, 3.05) is 24.8 Å². The summed E-state index contributed by atoms with van der Waals surface area (Å²) in [6.07, 6.45) is 3.15. The number of nitrogen functional groups attached to an aromatic ring is 1. The van der Waals surface area contributed by atoms with E-state index >= 15 is 0 Å². The molecule has 0 fully saturated rings. The summed E-state index contributed by atoms with van der Waals surface area (Å²) in [5, 5.41) is 2.81. The number of nitrogens with two attached hydrogens (primary N) is 1. The zero-order valence-electron chi connectivity index (χ0n) is 14.1. The predicted octanol–water partition coefficient (Wildman–Crippen LogP) is 3.64. The molecule has 0 aliphatic heterocycles. The number of ether oxygens (including phenoxy) is 2. The Kier molecular flexibility index (Phi) is 5.84. The van der Waals surface area contributed by atoms with Gasteiger partial charge in [0.15, 0.2) is 0 Å². The van der Waals surface area contributed by atoms with Crippen molar-refractivity contribution in [3.8, 4) is 11.5 Å². The number of hydrogen-bond acceptors (Lipinski definition) is 4. The molecule has 0 bridgehead atoms. The molecule has 24 heavy (non-hydrogen) atoms. The first-order valence-electron chi connectivity index (χ1n) is 7.69. The fourth-order valence-corrected chi connectivity index (χ4v) is 2.22. The van der Waals surface area contributed by atoms with Gasteiger partial charge in [0.1, 0.15) is 11.5 Å². The van der Waals surface area contributed by atoms with Gasteiger partial charge in [0, 0.05) is 6.08 Å². The average Bonchev–Trinajstić information content (AvgIpc) is 2.55. The third-order valence-electron chi connectivity index (χ3n) is 3.37. The van der Waals surface area contributed by atoms with E-state index in [0.717, 1.165) is 11.1 Å². The van der Waals surface area contributed by atoms with E-state index in [0.29, 0.717) is 29.5 Å². The van der Waals surface area contributed by atoms with Crippen LogP contribution in [0.25, 0.3) is 6.08 Å². The number of rotatable bonds is 6. The van der Waals surface area contributed by atoms with Gasteiger partial charge < -0.3 is 20.5 Å².